The van der Waals surface area contributed by atoms with Gasteiger partial charge in [-0.05, 0) is 37.6 Å². The summed E-state index contributed by atoms with van der Waals surface area (Å²) in [5.74, 6) is -0.614. The first-order valence-corrected chi connectivity index (χ1v) is 8.86. The van der Waals surface area contributed by atoms with Crippen molar-refractivity contribution in [3.8, 4) is 5.69 Å². The molecule has 1 N–H and O–H groups in total. The summed E-state index contributed by atoms with van der Waals surface area (Å²) >= 11 is 0. The van der Waals surface area contributed by atoms with Crippen LogP contribution in [0.1, 0.15) is 12.5 Å². The van der Waals surface area contributed by atoms with E-state index >= 15 is 0 Å². The van der Waals surface area contributed by atoms with E-state index in [1.165, 1.54) is 21.1 Å². The number of halogens is 1. The summed E-state index contributed by atoms with van der Waals surface area (Å²) in [6, 6.07) is 4.02. The highest BCUT2D eigenvalue weighted by Crippen LogP contribution is 2.22. The summed E-state index contributed by atoms with van der Waals surface area (Å²) in [5.41, 5.74) is 1.13. The van der Waals surface area contributed by atoms with Crippen LogP contribution < -0.4 is 5.32 Å². The quantitative estimate of drug-likeness (QED) is 0.916. The zero-order valence-electron chi connectivity index (χ0n) is 13.0. The maximum absolute atomic E-state index is 14.4. The molecule has 0 spiro atoms. The van der Waals surface area contributed by atoms with Gasteiger partial charge >= 0.3 is 0 Å². The van der Waals surface area contributed by atoms with Crippen molar-refractivity contribution >= 4 is 10.0 Å². The molecule has 2 heterocycles. The maximum atomic E-state index is 14.4. The van der Waals surface area contributed by atoms with Crippen LogP contribution in [0, 0.1) is 12.7 Å². The molecular formula is C15H19FN4O2S. The van der Waals surface area contributed by atoms with Gasteiger partial charge in [-0.1, -0.05) is 0 Å². The minimum atomic E-state index is -3.69. The van der Waals surface area contributed by atoms with E-state index in [0.29, 0.717) is 19.6 Å². The fraction of sp³-hybridized carbons (Fsp3) is 0.400. The molecule has 23 heavy (non-hydrogen) atoms. The van der Waals surface area contributed by atoms with Crippen LogP contribution in [0.25, 0.3) is 5.69 Å². The minimum Gasteiger partial charge on any atom is -0.312 e. The molecule has 0 radical (unpaired) electrons. The average Bonchev–Trinajstić information content (AvgIpc) is 2.93. The number of aryl methyl sites for hydroxylation is 1. The number of rotatable bonds is 3. The van der Waals surface area contributed by atoms with Gasteiger partial charge in [-0.15, -0.1) is 0 Å². The van der Waals surface area contributed by atoms with Crippen LogP contribution in [0.2, 0.25) is 0 Å². The number of hydrogen-bond acceptors (Lipinski definition) is 4. The van der Waals surface area contributed by atoms with E-state index in [-0.39, 0.29) is 16.6 Å². The number of benzene rings is 1. The first-order valence-electron chi connectivity index (χ1n) is 7.42. The van der Waals surface area contributed by atoms with Gasteiger partial charge in [-0.25, -0.2) is 17.5 Å². The second kappa shape index (κ2) is 6.03. The summed E-state index contributed by atoms with van der Waals surface area (Å²) in [5, 5.41) is 7.24. The van der Waals surface area contributed by atoms with Crippen molar-refractivity contribution in [3.63, 3.8) is 0 Å². The highest BCUT2D eigenvalue weighted by atomic mass is 32.2. The molecule has 1 aromatic carbocycles. The Hall–Kier alpha value is -1.77. The fourth-order valence-corrected chi connectivity index (χ4v) is 4.18. The summed E-state index contributed by atoms with van der Waals surface area (Å²) in [6.07, 6.45) is 3.30. The summed E-state index contributed by atoms with van der Waals surface area (Å²) in [6.45, 7) is 5.13. The van der Waals surface area contributed by atoms with E-state index in [4.69, 9.17) is 0 Å². The molecule has 3 rings (SSSR count). The molecule has 1 aliphatic rings. The Bertz CT molecular complexity index is 819. The standard InChI is InChI=1S/C15H19FN4O2S/c1-11-8-18-20(9-11)15-4-3-13(7-14(15)16)23(21,22)19-6-5-17-12(2)10-19/h3-4,7-9,12,17H,5-6,10H2,1-2H3/t12-/m0/s1. The number of aromatic nitrogens is 2. The van der Waals surface area contributed by atoms with E-state index in [1.807, 2.05) is 13.8 Å². The Morgan fingerprint density at radius 3 is 2.78 bits per heavy atom. The SMILES string of the molecule is Cc1cnn(-c2ccc(S(=O)(=O)N3CCN[C@@H](C)C3)cc2F)c1. The molecule has 1 fully saturated rings. The molecular weight excluding hydrogens is 319 g/mol. The normalized spacial score (nSPS) is 19.9. The summed E-state index contributed by atoms with van der Waals surface area (Å²) < 4.78 is 42.4. The molecule has 1 aliphatic heterocycles. The van der Waals surface area contributed by atoms with Gasteiger partial charge in [0.2, 0.25) is 10.0 Å². The molecule has 1 aromatic heterocycles. The van der Waals surface area contributed by atoms with E-state index in [1.54, 1.807) is 12.4 Å². The lowest BCUT2D eigenvalue weighted by Crippen LogP contribution is -2.51. The Morgan fingerprint density at radius 1 is 1.39 bits per heavy atom. The Kier molecular flexibility index (Phi) is 4.22. The first-order chi connectivity index (χ1) is 10.9. The molecule has 2 aromatic rings. The highest BCUT2D eigenvalue weighted by Gasteiger charge is 2.29. The molecule has 6 nitrogen and oxygen atoms in total. The van der Waals surface area contributed by atoms with Crippen LogP contribution in [0.4, 0.5) is 4.39 Å². The van der Waals surface area contributed by atoms with Crippen molar-refractivity contribution in [3.05, 3.63) is 42.0 Å². The van der Waals surface area contributed by atoms with Crippen molar-refractivity contribution in [2.24, 2.45) is 0 Å². The van der Waals surface area contributed by atoms with E-state index < -0.39 is 15.8 Å². The lowest BCUT2D eigenvalue weighted by Gasteiger charge is -2.31. The maximum Gasteiger partial charge on any atom is 0.243 e. The van der Waals surface area contributed by atoms with Crippen molar-refractivity contribution in [2.75, 3.05) is 19.6 Å². The third-order valence-electron chi connectivity index (χ3n) is 3.85. The van der Waals surface area contributed by atoms with Crippen LogP contribution in [-0.4, -0.2) is 48.2 Å². The average molecular weight is 338 g/mol. The molecule has 0 saturated carbocycles. The predicted octanol–water partition coefficient (Wildman–Crippen LogP) is 1.30. The first kappa shape index (κ1) is 16.1. The number of nitrogens with one attached hydrogen (secondary N) is 1. The highest BCUT2D eigenvalue weighted by molar-refractivity contribution is 7.89. The molecule has 0 bridgehead atoms. The molecule has 124 valence electrons. The molecule has 1 saturated heterocycles. The minimum absolute atomic E-state index is 0.0308. The Labute approximate surface area is 135 Å². The molecule has 8 heteroatoms. The van der Waals surface area contributed by atoms with Crippen molar-refractivity contribution in [1.82, 2.24) is 19.4 Å². The second-order valence-electron chi connectivity index (χ2n) is 5.79. The number of piperazine rings is 1. The Balaban J connectivity index is 1.93. The second-order valence-corrected chi connectivity index (χ2v) is 7.73. The van der Waals surface area contributed by atoms with Crippen LogP contribution in [0.15, 0.2) is 35.5 Å². The van der Waals surface area contributed by atoms with Gasteiger partial charge < -0.3 is 5.32 Å². The Morgan fingerprint density at radius 2 is 2.17 bits per heavy atom. The van der Waals surface area contributed by atoms with E-state index in [0.717, 1.165) is 11.6 Å². The van der Waals surface area contributed by atoms with Crippen molar-refractivity contribution < 1.29 is 12.8 Å². The lowest BCUT2D eigenvalue weighted by atomic mass is 10.3. The zero-order valence-corrected chi connectivity index (χ0v) is 13.8. The van der Waals surface area contributed by atoms with Crippen LogP contribution >= 0.6 is 0 Å². The van der Waals surface area contributed by atoms with Gasteiger partial charge in [0.05, 0.1) is 11.1 Å². The summed E-state index contributed by atoms with van der Waals surface area (Å²) in [7, 11) is -3.69. The van der Waals surface area contributed by atoms with Gasteiger partial charge in [0.15, 0.2) is 0 Å². The van der Waals surface area contributed by atoms with Crippen LogP contribution in [0.5, 0.6) is 0 Å². The zero-order chi connectivity index (χ0) is 16.6. The smallest absolute Gasteiger partial charge is 0.243 e. The predicted molar refractivity (Wildman–Crippen MR) is 84.5 cm³/mol. The van der Waals surface area contributed by atoms with Gasteiger partial charge in [0.25, 0.3) is 0 Å². The molecule has 0 amide bonds. The number of nitrogens with zero attached hydrogens (tertiary/aromatic N) is 3. The van der Waals surface area contributed by atoms with E-state index in [9.17, 15) is 12.8 Å². The molecule has 0 unspecified atom stereocenters. The molecule has 1 atom stereocenters. The fourth-order valence-electron chi connectivity index (χ4n) is 2.64. The van der Waals surface area contributed by atoms with Crippen molar-refractivity contribution in [2.45, 2.75) is 24.8 Å². The van der Waals surface area contributed by atoms with Gasteiger partial charge in [0.1, 0.15) is 11.5 Å². The number of sulfonamides is 1. The third-order valence-corrected chi connectivity index (χ3v) is 5.71. The molecule has 0 aliphatic carbocycles. The van der Waals surface area contributed by atoms with Gasteiger partial charge in [-0.2, -0.15) is 9.40 Å². The van der Waals surface area contributed by atoms with Crippen LogP contribution in [-0.2, 0) is 10.0 Å². The monoisotopic (exact) mass is 338 g/mol. The van der Waals surface area contributed by atoms with Crippen molar-refractivity contribution in [1.29, 1.82) is 0 Å². The number of hydrogen-bond donors (Lipinski definition) is 1. The lowest BCUT2D eigenvalue weighted by molar-refractivity contribution is 0.310. The van der Waals surface area contributed by atoms with Crippen LogP contribution in [0.3, 0.4) is 0 Å². The van der Waals surface area contributed by atoms with Gasteiger partial charge in [-0.3, -0.25) is 0 Å². The topological polar surface area (TPSA) is 67.2 Å². The van der Waals surface area contributed by atoms with E-state index in [2.05, 4.69) is 10.4 Å². The van der Waals surface area contributed by atoms with Gasteiger partial charge in [0, 0.05) is 31.9 Å². The summed E-state index contributed by atoms with van der Waals surface area (Å²) in [4.78, 5) is -0.0308. The largest absolute Gasteiger partial charge is 0.312 e. The third kappa shape index (κ3) is 3.15.